The molecule has 1 aromatic carbocycles. The van der Waals surface area contributed by atoms with Crippen molar-refractivity contribution in [1.82, 2.24) is 0 Å². The first-order chi connectivity index (χ1) is 9.51. The number of anilines is 1. The summed E-state index contributed by atoms with van der Waals surface area (Å²) in [5, 5.41) is 13.6. The Morgan fingerprint density at radius 3 is 2.45 bits per heavy atom. The van der Waals surface area contributed by atoms with Crippen LogP contribution in [0.4, 0.5) is 20.2 Å². The summed E-state index contributed by atoms with van der Waals surface area (Å²) in [7, 11) is 1.65. The van der Waals surface area contributed by atoms with Crippen LogP contribution in [0.5, 0.6) is 0 Å². The largest absolute Gasteiger partial charge is 0.381 e. The van der Waals surface area contributed by atoms with Crippen molar-refractivity contribution in [3.63, 3.8) is 0 Å². The number of benzene rings is 1. The van der Waals surface area contributed by atoms with Crippen molar-refractivity contribution < 1.29 is 18.4 Å². The van der Waals surface area contributed by atoms with Gasteiger partial charge in [-0.15, -0.1) is 0 Å². The van der Waals surface area contributed by atoms with Crippen LogP contribution in [-0.4, -0.2) is 24.2 Å². The van der Waals surface area contributed by atoms with Crippen molar-refractivity contribution in [3.05, 3.63) is 33.9 Å². The zero-order chi connectivity index (χ0) is 14.7. The minimum atomic E-state index is -1.17. The number of hydrogen-bond donors (Lipinski definition) is 1. The molecule has 0 saturated heterocycles. The third kappa shape index (κ3) is 3.22. The maximum Gasteiger partial charge on any atom is 0.307 e. The maximum absolute atomic E-state index is 13.6. The molecule has 20 heavy (non-hydrogen) atoms. The number of nitrogens with one attached hydrogen (secondary N) is 1. The van der Waals surface area contributed by atoms with Crippen molar-refractivity contribution in [1.29, 1.82) is 0 Å². The Hall–Kier alpha value is -1.76. The van der Waals surface area contributed by atoms with Gasteiger partial charge in [0.05, 0.1) is 16.7 Å². The Bertz CT molecular complexity index is 503. The molecule has 0 aliphatic heterocycles. The summed E-state index contributed by atoms with van der Waals surface area (Å²) in [6, 6.07) is 1.47. The maximum atomic E-state index is 13.6. The summed E-state index contributed by atoms with van der Waals surface area (Å²) in [6.07, 6.45) is 3.46. The highest BCUT2D eigenvalue weighted by Gasteiger charge is 2.24. The molecule has 5 nitrogen and oxygen atoms in total. The van der Waals surface area contributed by atoms with Crippen molar-refractivity contribution in [2.75, 3.05) is 12.4 Å². The first-order valence-corrected chi connectivity index (χ1v) is 6.44. The van der Waals surface area contributed by atoms with Crippen LogP contribution in [0.2, 0.25) is 0 Å². The summed E-state index contributed by atoms with van der Waals surface area (Å²) in [5.41, 5.74) is -0.751. The van der Waals surface area contributed by atoms with Crippen LogP contribution in [0.3, 0.4) is 0 Å². The minimum Gasteiger partial charge on any atom is -0.381 e. The second kappa shape index (κ2) is 6.13. The monoisotopic (exact) mass is 286 g/mol. The molecule has 1 N–H and O–H groups in total. The number of halogens is 2. The molecule has 1 aromatic rings. The van der Waals surface area contributed by atoms with E-state index in [0.717, 1.165) is 31.7 Å². The van der Waals surface area contributed by atoms with Crippen molar-refractivity contribution in [3.8, 4) is 0 Å². The molecule has 2 rings (SSSR count). The molecule has 0 heterocycles. The van der Waals surface area contributed by atoms with Gasteiger partial charge in [-0.2, -0.15) is 4.39 Å². The van der Waals surface area contributed by atoms with Gasteiger partial charge in [0, 0.05) is 25.3 Å². The zero-order valence-corrected chi connectivity index (χ0v) is 11.1. The molecule has 0 unspecified atom stereocenters. The fourth-order valence-corrected chi connectivity index (χ4v) is 2.45. The first kappa shape index (κ1) is 14.6. The molecule has 0 radical (unpaired) electrons. The molecule has 7 heteroatoms. The average Bonchev–Trinajstić information content (AvgIpc) is 2.42. The lowest BCUT2D eigenvalue weighted by atomic mass is 9.93. The number of methoxy groups -OCH3 is 1. The normalized spacial score (nSPS) is 22.6. The molecule has 1 aliphatic carbocycles. The highest BCUT2D eigenvalue weighted by atomic mass is 19.1. The highest BCUT2D eigenvalue weighted by molar-refractivity contribution is 5.53. The number of nitro benzene ring substituents is 1. The van der Waals surface area contributed by atoms with Crippen LogP contribution < -0.4 is 5.32 Å². The number of nitrogens with zero attached hydrogens (tertiary/aromatic N) is 1. The molecule has 110 valence electrons. The predicted molar refractivity (Wildman–Crippen MR) is 69.7 cm³/mol. The third-order valence-corrected chi connectivity index (χ3v) is 3.60. The van der Waals surface area contributed by atoms with Gasteiger partial charge in [-0.1, -0.05) is 0 Å². The van der Waals surface area contributed by atoms with E-state index in [9.17, 15) is 18.9 Å². The molecule has 0 aromatic heterocycles. The molecule has 0 spiro atoms. The van der Waals surface area contributed by atoms with Gasteiger partial charge in [-0.25, -0.2) is 4.39 Å². The lowest BCUT2D eigenvalue weighted by molar-refractivity contribution is -0.387. The summed E-state index contributed by atoms with van der Waals surface area (Å²) < 4.78 is 32.1. The molecule has 1 saturated carbocycles. The van der Waals surface area contributed by atoms with Crippen molar-refractivity contribution in [2.45, 2.75) is 37.8 Å². The Morgan fingerprint density at radius 2 is 1.90 bits per heavy atom. The van der Waals surface area contributed by atoms with E-state index in [1.165, 1.54) is 0 Å². The van der Waals surface area contributed by atoms with Gasteiger partial charge in [0.1, 0.15) is 5.82 Å². The van der Waals surface area contributed by atoms with E-state index in [1.54, 1.807) is 7.11 Å². The van der Waals surface area contributed by atoms with Gasteiger partial charge >= 0.3 is 5.69 Å². The fourth-order valence-electron chi connectivity index (χ4n) is 2.45. The Morgan fingerprint density at radius 1 is 1.25 bits per heavy atom. The number of rotatable bonds is 4. The Kier molecular flexibility index (Phi) is 4.49. The summed E-state index contributed by atoms with van der Waals surface area (Å²) in [4.78, 5) is 9.80. The Balaban J connectivity index is 2.10. The lowest BCUT2D eigenvalue weighted by Crippen LogP contribution is -2.29. The predicted octanol–water partition coefficient (Wildman–Crippen LogP) is 3.24. The van der Waals surface area contributed by atoms with Crippen LogP contribution in [0, 0.1) is 21.7 Å². The average molecular weight is 286 g/mol. The first-order valence-electron chi connectivity index (χ1n) is 6.44. The van der Waals surface area contributed by atoms with Gasteiger partial charge in [0.15, 0.2) is 0 Å². The minimum absolute atomic E-state index is 0.0148. The van der Waals surface area contributed by atoms with E-state index >= 15 is 0 Å². The molecular formula is C13H16F2N2O3. The van der Waals surface area contributed by atoms with Crippen LogP contribution in [0.15, 0.2) is 12.1 Å². The second-order valence-corrected chi connectivity index (χ2v) is 4.89. The smallest absolute Gasteiger partial charge is 0.307 e. The summed E-state index contributed by atoms with van der Waals surface area (Å²) in [6.45, 7) is 0. The van der Waals surface area contributed by atoms with E-state index in [4.69, 9.17) is 4.74 Å². The van der Waals surface area contributed by atoms with E-state index < -0.39 is 22.2 Å². The molecule has 0 bridgehead atoms. The molecule has 1 aliphatic rings. The van der Waals surface area contributed by atoms with Crippen LogP contribution in [0.25, 0.3) is 0 Å². The summed E-state index contributed by atoms with van der Waals surface area (Å²) >= 11 is 0. The third-order valence-electron chi connectivity index (χ3n) is 3.60. The van der Waals surface area contributed by atoms with Crippen LogP contribution >= 0.6 is 0 Å². The van der Waals surface area contributed by atoms with Crippen LogP contribution in [0.1, 0.15) is 25.7 Å². The van der Waals surface area contributed by atoms with Gasteiger partial charge < -0.3 is 10.1 Å². The number of ether oxygens (including phenoxy) is 1. The van der Waals surface area contributed by atoms with Crippen molar-refractivity contribution in [2.24, 2.45) is 0 Å². The van der Waals surface area contributed by atoms with E-state index in [2.05, 4.69) is 5.32 Å². The SMILES string of the molecule is COC1CCC(Nc2cc([N+](=O)[O-])c(F)cc2F)CC1. The van der Waals surface area contributed by atoms with Crippen molar-refractivity contribution >= 4 is 11.4 Å². The fraction of sp³-hybridized carbons (Fsp3) is 0.538. The molecule has 0 amide bonds. The van der Waals surface area contributed by atoms with Gasteiger partial charge in [0.2, 0.25) is 5.82 Å². The zero-order valence-electron chi connectivity index (χ0n) is 11.1. The van der Waals surface area contributed by atoms with Crippen LogP contribution in [-0.2, 0) is 4.74 Å². The highest BCUT2D eigenvalue weighted by Crippen LogP contribution is 2.29. The summed E-state index contributed by atoms with van der Waals surface area (Å²) in [5.74, 6) is -1.98. The van der Waals surface area contributed by atoms with Gasteiger partial charge in [0.25, 0.3) is 0 Å². The Labute approximate surface area is 115 Å². The standard InChI is InChI=1S/C13H16F2N2O3/c1-20-9-4-2-8(3-5-9)16-12-7-13(17(18)19)11(15)6-10(12)14/h6-9,16H,2-5H2,1H3. The van der Waals surface area contributed by atoms with E-state index in [0.29, 0.717) is 6.07 Å². The molecule has 1 fully saturated rings. The van der Waals surface area contributed by atoms with Gasteiger partial charge in [-0.3, -0.25) is 10.1 Å². The lowest BCUT2D eigenvalue weighted by Gasteiger charge is -2.28. The number of nitro groups is 1. The van der Waals surface area contributed by atoms with E-state index in [1.807, 2.05) is 0 Å². The molecule has 0 atom stereocenters. The number of hydrogen-bond acceptors (Lipinski definition) is 4. The molecular weight excluding hydrogens is 270 g/mol. The topological polar surface area (TPSA) is 64.4 Å². The van der Waals surface area contributed by atoms with E-state index in [-0.39, 0.29) is 17.8 Å². The quantitative estimate of drug-likeness (QED) is 0.681. The second-order valence-electron chi connectivity index (χ2n) is 4.89. The van der Waals surface area contributed by atoms with Gasteiger partial charge in [-0.05, 0) is 25.7 Å².